The SMILES string of the molecule is Cc1ccccc1OCC(=O)N[C@H](C)c1ccccc1. The van der Waals surface area contributed by atoms with Gasteiger partial charge in [0.2, 0.25) is 0 Å². The van der Waals surface area contributed by atoms with E-state index in [1.54, 1.807) is 0 Å². The first-order chi connectivity index (χ1) is 9.66. The van der Waals surface area contributed by atoms with Crippen LogP contribution in [0.25, 0.3) is 0 Å². The van der Waals surface area contributed by atoms with Gasteiger partial charge in [-0.15, -0.1) is 0 Å². The molecular formula is C17H19NO2. The lowest BCUT2D eigenvalue weighted by molar-refractivity contribution is -0.123. The van der Waals surface area contributed by atoms with Gasteiger partial charge in [-0.3, -0.25) is 4.79 Å². The number of amides is 1. The van der Waals surface area contributed by atoms with Crippen molar-refractivity contribution in [2.75, 3.05) is 6.61 Å². The zero-order valence-corrected chi connectivity index (χ0v) is 11.8. The smallest absolute Gasteiger partial charge is 0.258 e. The maximum Gasteiger partial charge on any atom is 0.258 e. The maximum absolute atomic E-state index is 11.9. The largest absolute Gasteiger partial charge is 0.484 e. The summed E-state index contributed by atoms with van der Waals surface area (Å²) in [5.41, 5.74) is 2.10. The van der Waals surface area contributed by atoms with Gasteiger partial charge in [-0.25, -0.2) is 0 Å². The molecule has 0 aliphatic heterocycles. The van der Waals surface area contributed by atoms with Crippen molar-refractivity contribution in [2.45, 2.75) is 19.9 Å². The van der Waals surface area contributed by atoms with Gasteiger partial charge in [0.15, 0.2) is 6.61 Å². The minimum absolute atomic E-state index is 0.0239. The number of para-hydroxylation sites is 1. The maximum atomic E-state index is 11.9. The lowest BCUT2D eigenvalue weighted by Gasteiger charge is -2.15. The molecule has 0 saturated heterocycles. The van der Waals surface area contributed by atoms with Crippen LogP contribution < -0.4 is 10.1 Å². The number of carbonyl (C=O) groups is 1. The van der Waals surface area contributed by atoms with E-state index in [9.17, 15) is 4.79 Å². The van der Waals surface area contributed by atoms with Crippen LogP contribution in [0.15, 0.2) is 54.6 Å². The molecule has 1 atom stereocenters. The molecule has 0 radical (unpaired) electrons. The summed E-state index contributed by atoms with van der Waals surface area (Å²) in [7, 11) is 0. The summed E-state index contributed by atoms with van der Waals surface area (Å²) in [5.74, 6) is 0.625. The minimum Gasteiger partial charge on any atom is -0.484 e. The Bertz CT molecular complexity index is 566. The fraction of sp³-hybridized carbons (Fsp3) is 0.235. The second kappa shape index (κ2) is 6.75. The predicted molar refractivity (Wildman–Crippen MR) is 79.7 cm³/mol. The lowest BCUT2D eigenvalue weighted by Crippen LogP contribution is -2.31. The summed E-state index contributed by atoms with van der Waals surface area (Å²) in [6, 6.07) is 17.5. The van der Waals surface area contributed by atoms with Crippen LogP contribution in [0.2, 0.25) is 0 Å². The van der Waals surface area contributed by atoms with Gasteiger partial charge >= 0.3 is 0 Å². The Balaban J connectivity index is 1.86. The van der Waals surface area contributed by atoms with E-state index in [0.29, 0.717) is 0 Å². The average Bonchev–Trinajstić information content (AvgIpc) is 2.47. The van der Waals surface area contributed by atoms with E-state index in [-0.39, 0.29) is 18.6 Å². The van der Waals surface area contributed by atoms with Crippen LogP contribution in [0, 0.1) is 6.92 Å². The second-order valence-electron chi connectivity index (χ2n) is 4.75. The highest BCUT2D eigenvalue weighted by molar-refractivity contribution is 5.78. The van der Waals surface area contributed by atoms with Crippen molar-refractivity contribution in [1.82, 2.24) is 5.32 Å². The fourth-order valence-corrected chi connectivity index (χ4v) is 1.97. The Hall–Kier alpha value is -2.29. The standard InChI is InChI=1S/C17H19NO2/c1-13-8-6-7-11-16(13)20-12-17(19)18-14(2)15-9-4-3-5-10-15/h3-11,14H,12H2,1-2H3,(H,18,19)/t14-/m1/s1. The van der Waals surface area contributed by atoms with Gasteiger partial charge in [0.05, 0.1) is 6.04 Å². The summed E-state index contributed by atoms with van der Waals surface area (Å²) in [5, 5.41) is 2.92. The third kappa shape index (κ3) is 3.85. The van der Waals surface area contributed by atoms with Crippen molar-refractivity contribution in [1.29, 1.82) is 0 Å². The first-order valence-corrected chi connectivity index (χ1v) is 6.69. The van der Waals surface area contributed by atoms with Crippen LogP contribution in [-0.2, 0) is 4.79 Å². The molecule has 20 heavy (non-hydrogen) atoms. The molecule has 3 nitrogen and oxygen atoms in total. The number of hydrogen-bond donors (Lipinski definition) is 1. The van der Waals surface area contributed by atoms with Crippen LogP contribution >= 0.6 is 0 Å². The van der Waals surface area contributed by atoms with E-state index in [1.807, 2.05) is 68.4 Å². The molecule has 0 bridgehead atoms. The molecule has 0 unspecified atom stereocenters. The molecule has 0 aliphatic carbocycles. The average molecular weight is 269 g/mol. The van der Waals surface area contributed by atoms with Gasteiger partial charge < -0.3 is 10.1 Å². The highest BCUT2D eigenvalue weighted by atomic mass is 16.5. The Kier molecular flexibility index (Phi) is 4.77. The number of nitrogens with one attached hydrogen (secondary N) is 1. The summed E-state index contributed by atoms with van der Waals surface area (Å²) in [4.78, 5) is 11.9. The number of aryl methyl sites for hydroxylation is 1. The number of carbonyl (C=O) groups excluding carboxylic acids is 1. The topological polar surface area (TPSA) is 38.3 Å². The van der Waals surface area contributed by atoms with Crippen molar-refractivity contribution < 1.29 is 9.53 Å². The van der Waals surface area contributed by atoms with Gasteiger partial charge in [-0.05, 0) is 31.0 Å². The highest BCUT2D eigenvalue weighted by Crippen LogP contribution is 2.16. The van der Waals surface area contributed by atoms with Gasteiger partial charge in [0.25, 0.3) is 5.91 Å². The molecule has 0 spiro atoms. The molecule has 2 aromatic carbocycles. The normalized spacial score (nSPS) is 11.7. The van der Waals surface area contributed by atoms with Gasteiger partial charge in [-0.1, -0.05) is 48.5 Å². The molecule has 0 saturated carbocycles. The van der Waals surface area contributed by atoms with E-state index < -0.39 is 0 Å². The quantitative estimate of drug-likeness (QED) is 0.904. The number of ether oxygens (including phenoxy) is 1. The summed E-state index contributed by atoms with van der Waals surface area (Å²) < 4.78 is 5.52. The fourth-order valence-electron chi connectivity index (χ4n) is 1.97. The number of benzene rings is 2. The Morgan fingerprint density at radius 2 is 1.75 bits per heavy atom. The van der Waals surface area contributed by atoms with Crippen molar-refractivity contribution in [3.8, 4) is 5.75 Å². The zero-order valence-electron chi connectivity index (χ0n) is 11.8. The molecule has 0 fully saturated rings. The molecule has 3 heteroatoms. The summed E-state index contributed by atoms with van der Waals surface area (Å²) in [6.07, 6.45) is 0. The lowest BCUT2D eigenvalue weighted by atomic mass is 10.1. The van der Waals surface area contributed by atoms with Crippen molar-refractivity contribution in [3.63, 3.8) is 0 Å². The van der Waals surface area contributed by atoms with E-state index >= 15 is 0 Å². The zero-order chi connectivity index (χ0) is 14.4. The van der Waals surface area contributed by atoms with E-state index in [4.69, 9.17) is 4.74 Å². The van der Waals surface area contributed by atoms with Crippen molar-refractivity contribution >= 4 is 5.91 Å². The van der Waals surface area contributed by atoms with E-state index in [2.05, 4.69) is 5.32 Å². The van der Waals surface area contributed by atoms with Crippen LogP contribution in [0.1, 0.15) is 24.1 Å². The first-order valence-electron chi connectivity index (χ1n) is 6.69. The summed E-state index contributed by atoms with van der Waals surface area (Å²) >= 11 is 0. The monoisotopic (exact) mass is 269 g/mol. The van der Waals surface area contributed by atoms with Gasteiger partial charge in [0, 0.05) is 0 Å². The predicted octanol–water partition coefficient (Wildman–Crippen LogP) is 3.25. The van der Waals surface area contributed by atoms with Crippen LogP contribution in [0.5, 0.6) is 5.75 Å². The Morgan fingerprint density at radius 3 is 2.45 bits per heavy atom. The minimum atomic E-state index is -0.121. The molecular weight excluding hydrogens is 250 g/mol. The Morgan fingerprint density at radius 1 is 1.10 bits per heavy atom. The van der Waals surface area contributed by atoms with Crippen molar-refractivity contribution in [3.05, 3.63) is 65.7 Å². The number of hydrogen-bond acceptors (Lipinski definition) is 2. The first kappa shape index (κ1) is 14.1. The Labute approximate surface area is 119 Å². The number of rotatable bonds is 5. The van der Waals surface area contributed by atoms with Crippen LogP contribution in [0.3, 0.4) is 0 Å². The highest BCUT2D eigenvalue weighted by Gasteiger charge is 2.10. The molecule has 1 amide bonds. The third-order valence-electron chi connectivity index (χ3n) is 3.13. The molecule has 0 aromatic heterocycles. The van der Waals surface area contributed by atoms with Crippen molar-refractivity contribution in [2.24, 2.45) is 0 Å². The molecule has 104 valence electrons. The molecule has 2 rings (SSSR count). The van der Waals surface area contributed by atoms with Crippen LogP contribution in [0.4, 0.5) is 0 Å². The van der Waals surface area contributed by atoms with Crippen LogP contribution in [-0.4, -0.2) is 12.5 Å². The van der Waals surface area contributed by atoms with Gasteiger partial charge in [-0.2, -0.15) is 0 Å². The van der Waals surface area contributed by atoms with E-state index in [0.717, 1.165) is 16.9 Å². The third-order valence-corrected chi connectivity index (χ3v) is 3.13. The summed E-state index contributed by atoms with van der Waals surface area (Å²) in [6.45, 7) is 3.95. The van der Waals surface area contributed by atoms with E-state index in [1.165, 1.54) is 0 Å². The molecule has 1 N–H and O–H groups in total. The molecule has 0 aliphatic rings. The second-order valence-corrected chi connectivity index (χ2v) is 4.75. The molecule has 0 heterocycles. The van der Waals surface area contributed by atoms with Gasteiger partial charge in [0.1, 0.15) is 5.75 Å². The molecule has 2 aromatic rings.